The van der Waals surface area contributed by atoms with E-state index in [1.165, 1.54) is 7.05 Å². The third kappa shape index (κ3) is 3.41. The quantitative estimate of drug-likeness (QED) is 0.593. The molecule has 0 amide bonds. The van der Waals surface area contributed by atoms with E-state index in [1.54, 1.807) is 0 Å². The van der Waals surface area contributed by atoms with Crippen molar-refractivity contribution in [1.82, 2.24) is 0 Å². The number of nitrogens with two attached hydrogens (primary N) is 1. The second-order valence-electron chi connectivity index (χ2n) is 2.49. The summed E-state index contributed by atoms with van der Waals surface area (Å²) in [6.45, 7) is 0. The molecule has 1 saturated carbocycles. The fourth-order valence-corrected chi connectivity index (χ4v) is 1.10. The van der Waals surface area contributed by atoms with Crippen molar-refractivity contribution in [1.29, 1.82) is 0 Å². The second kappa shape index (κ2) is 4.38. The number of rotatable bonds is 1. The third-order valence-corrected chi connectivity index (χ3v) is 1.63. The number of alkyl halides is 2. The lowest BCUT2D eigenvalue weighted by Gasteiger charge is -2.04. The van der Waals surface area contributed by atoms with Gasteiger partial charge in [-0.3, -0.25) is 0 Å². The molecule has 0 aromatic rings. The molecule has 1 fully saturated rings. The van der Waals surface area contributed by atoms with E-state index in [0.717, 1.165) is 0 Å². The van der Waals surface area contributed by atoms with E-state index >= 15 is 0 Å². The van der Waals surface area contributed by atoms with Crippen LogP contribution in [0.5, 0.6) is 0 Å². The lowest BCUT2D eigenvalue weighted by molar-refractivity contribution is -0.111. The van der Waals surface area contributed by atoms with Crippen LogP contribution in [-0.4, -0.2) is 19.3 Å². The van der Waals surface area contributed by atoms with Gasteiger partial charge in [-0.2, -0.15) is 0 Å². The third-order valence-electron chi connectivity index (χ3n) is 1.63. The zero-order valence-electron chi connectivity index (χ0n) is 6.52. The van der Waals surface area contributed by atoms with Crippen molar-refractivity contribution in [2.24, 2.45) is 11.7 Å². The summed E-state index contributed by atoms with van der Waals surface area (Å²) in [7, 11) is 1.50. The van der Waals surface area contributed by atoms with E-state index in [0.29, 0.717) is 12.7 Å². The van der Waals surface area contributed by atoms with Gasteiger partial charge in [-0.05, 0) is 13.5 Å². The Hall–Kier alpha value is -0.510. The van der Waals surface area contributed by atoms with Gasteiger partial charge in [-0.25, -0.2) is 8.78 Å². The minimum Gasteiger partial charge on any atom is -0.333 e. The summed E-state index contributed by atoms with van der Waals surface area (Å²) in [5, 5.41) is 0. The summed E-state index contributed by atoms with van der Waals surface area (Å²) in [6, 6.07) is 0. The Labute approximate surface area is 64.8 Å². The maximum Gasteiger partial charge on any atom is 0.248 e. The maximum atomic E-state index is 12.2. The second-order valence-corrected chi connectivity index (χ2v) is 2.49. The molecule has 2 nitrogen and oxygen atoms in total. The first kappa shape index (κ1) is 10.5. The Balaban J connectivity index is 0.000000461. The van der Waals surface area contributed by atoms with Crippen LogP contribution in [0.1, 0.15) is 19.3 Å². The van der Waals surface area contributed by atoms with E-state index in [2.05, 4.69) is 5.73 Å². The van der Waals surface area contributed by atoms with Gasteiger partial charge in [0.2, 0.25) is 5.92 Å². The first-order valence-corrected chi connectivity index (χ1v) is 3.55. The summed E-state index contributed by atoms with van der Waals surface area (Å²) < 4.78 is 24.4. The molecule has 0 radical (unpaired) electrons. The van der Waals surface area contributed by atoms with E-state index in [-0.39, 0.29) is 18.8 Å². The lowest BCUT2D eigenvalue weighted by atomic mass is 10.1. The van der Waals surface area contributed by atoms with Crippen molar-refractivity contribution >= 4 is 6.29 Å². The zero-order chi connectivity index (χ0) is 8.91. The molecular formula is C7H13F2NO. The molecule has 1 aliphatic rings. The molecule has 1 atom stereocenters. The maximum absolute atomic E-state index is 12.2. The Kier molecular flexibility index (Phi) is 4.18. The summed E-state index contributed by atoms with van der Waals surface area (Å²) in [6.07, 6.45) is 0.629. The number of carbonyl (C=O) groups is 1. The molecule has 1 rings (SSSR count). The van der Waals surface area contributed by atoms with E-state index in [4.69, 9.17) is 0 Å². The average Bonchev–Trinajstić information content (AvgIpc) is 2.34. The predicted molar refractivity (Wildman–Crippen MR) is 38.5 cm³/mol. The summed E-state index contributed by atoms with van der Waals surface area (Å²) in [4.78, 5) is 9.96. The molecule has 0 aromatic heterocycles. The molecule has 66 valence electrons. The highest BCUT2D eigenvalue weighted by Gasteiger charge is 2.38. The molecule has 0 heterocycles. The molecule has 0 aliphatic heterocycles. The van der Waals surface area contributed by atoms with Crippen LogP contribution >= 0.6 is 0 Å². The molecule has 0 saturated heterocycles. The largest absolute Gasteiger partial charge is 0.333 e. The van der Waals surface area contributed by atoms with Crippen LogP contribution in [0.15, 0.2) is 0 Å². The molecule has 0 spiro atoms. The van der Waals surface area contributed by atoms with Gasteiger partial charge in [-0.1, -0.05) is 0 Å². The number of hydrogen-bond donors (Lipinski definition) is 1. The molecule has 1 aliphatic carbocycles. The SMILES string of the molecule is CN.O=CC1CCC(F)(F)C1. The van der Waals surface area contributed by atoms with Crippen LogP contribution in [0.25, 0.3) is 0 Å². The summed E-state index contributed by atoms with van der Waals surface area (Å²) in [5.41, 5.74) is 4.50. The van der Waals surface area contributed by atoms with Crippen molar-refractivity contribution in [3.05, 3.63) is 0 Å². The Morgan fingerprint density at radius 1 is 1.55 bits per heavy atom. The van der Waals surface area contributed by atoms with E-state index < -0.39 is 5.92 Å². The van der Waals surface area contributed by atoms with Gasteiger partial charge in [0.15, 0.2) is 0 Å². The molecule has 4 heteroatoms. The molecule has 2 N–H and O–H groups in total. The van der Waals surface area contributed by atoms with Crippen LogP contribution in [0.4, 0.5) is 8.78 Å². The van der Waals surface area contributed by atoms with Crippen LogP contribution in [-0.2, 0) is 4.79 Å². The van der Waals surface area contributed by atoms with Gasteiger partial charge >= 0.3 is 0 Å². The number of carbonyl (C=O) groups excluding carboxylic acids is 1. The normalized spacial score (nSPS) is 27.1. The average molecular weight is 165 g/mol. The summed E-state index contributed by atoms with van der Waals surface area (Å²) >= 11 is 0. The highest BCUT2D eigenvalue weighted by molar-refractivity contribution is 5.54. The molecular weight excluding hydrogens is 152 g/mol. The Bertz CT molecular complexity index is 128. The van der Waals surface area contributed by atoms with Crippen molar-refractivity contribution < 1.29 is 13.6 Å². The van der Waals surface area contributed by atoms with Gasteiger partial charge in [0.1, 0.15) is 6.29 Å². The zero-order valence-corrected chi connectivity index (χ0v) is 6.52. The van der Waals surface area contributed by atoms with Crippen LogP contribution in [0.3, 0.4) is 0 Å². The monoisotopic (exact) mass is 165 g/mol. The predicted octanol–water partition coefficient (Wildman–Crippen LogP) is 1.20. The highest BCUT2D eigenvalue weighted by Crippen LogP contribution is 2.37. The number of aldehydes is 1. The van der Waals surface area contributed by atoms with Gasteiger partial charge in [0, 0.05) is 18.8 Å². The number of halogens is 2. The molecule has 0 aromatic carbocycles. The van der Waals surface area contributed by atoms with Gasteiger partial charge in [0.25, 0.3) is 0 Å². The fourth-order valence-electron chi connectivity index (χ4n) is 1.10. The highest BCUT2D eigenvalue weighted by atomic mass is 19.3. The van der Waals surface area contributed by atoms with E-state index in [9.17, 15) is 13.6 Å². The standard InChI is InChI=1S/C6H8F2O.CH5N/c7-6(8)2-1-5(3-6)4-9;1-2/h4-5H,1-3H2;2H2,1H3. The van der Waals surface area contributed by atoms with Crippen LogP contribution in [0.2, 0.25) is 0 Å². The first-order valence-electron chi connectivity index (χ1n) is 3.55. The smallest absolute Gasteiger partial charge is 0.248 e. The minimum absolute atomic E-state index is 0.115. The van der Waals surface area contributed by atoms with Crippen molar-refractivity contribution in [2.45, 2.75) is 25.2 Å². The van der Waals surface area contributed by atoms with Crippen LogP contribution < -0.4 is 5.73 Å². The van der Waals surface area contributed by atoms with Crippen LogP contribution in [0, 0.1) is 5.92 Å². The van der Waals surface area contributed by atoms with Crippen molar-refractivity contribution in [3.8, 4) is 0 Å². The van der Waals surface area contributed by atoms with Gasteiger partial charge in [-0.15, -0.1) is 0 Å². The van der Waals surface area contributed by atoms with Gasteiger partial charge < -0.3 is 10.5 Å². The Morgan fingerprint density at radius 3 is 2.27 bits per heavy atom. The fraction of sp³-hybridized carbons (Fsp3) is 0.857. The van der Waals surface area contributed by atoms with E-state index in [1.807, 2.05) is 0 Å². The minimum atomic E-state index is -2.56. The lowest BCUT2D eigenvalue weighted by Crippen LogP contribution is -2.09. The molecule has 1 unspecified atom stereocenters. The topological polar surface area (TPSA) is 43.1 Å². The Morgan fingerprint density at radius 2 is 2.09 bits per heavy atom. The molecule has 11 heavy (non-hydrogen) atoms. The van der Waals surface area contributed by atoms with Crippen molar-refractivity contribution in [3.63, 3.8) is 0 Å². The number of hydrogen-bond acceptors (Lipinski definition) is 2. The summed E-state index contributed by atoms with van der Waals surface area (Å²) in [5.74, 6) is -2.95. The first-order chi connectivity index (χ1) is 5.14. The van der Waals surface area contributed by atoms with Crippen molar-refractivity contribution in [2.75, 3.05) is 7.05 Å². The van der Waals surface area contributed by atoms with Gasteiger partial charge in [0.05, 0.1) is 0 Å². The molecule has 0 bridgehead atoms.